The van der Waals surface area contributed by atoms with E-state index in [4.69, 9.17) is 20.5 Å². The molecule has 0 aliphatic rings. The first-order valence-corrected chi connectivity index (χ1v) is 5.70. The van der Waals surface area contributed by atoms with Crippen molar-refractivity contribution in [1.82, 2.24) is 0 Å². The second-order valence-electron chi connectivity index (χ2n) is 4.03. The fourth-order valence-electron chi connectivity index (χ4n) is 1.40. The van der Waals surface area contributed by atoms with Crippen LogP contribution in [0.5, 0.6) is 11.5 Å². The third-order valence-corrected chi connectivity index (χ3v) is 2.59. The molecule has 1 rings (SSSR count). The van der Waals surface area contributed by atoms with Crippen molar-refractivity contribution in [3.05, 3.63) is 29.3 Å². The highest BCUT2D eigenvalue weighted by Crippen LogP contribution is 2.28. The van der Waals surface area contributed by atoms with E-state index in [9.17, 15) is 0 Å². The van der Waals surface area contributed by atoms with E-state index in [1.165, 1.54) is 0 Å². The van der Waals surface area contributed by atoms with Crippen molar-refractivity contribution < 1.29 is 9.47 Å². The zero-order valence-electron chi connectivity index (χ0n) is 10.9. The van der Waals surface area contributed by atoms with E-state index < -0.39 is 0 Å². The minimum absolute atomic E-state index is 0.00437. The average molecular weight is 246 g/mol. The normalized spacial score (nSPS) is 12.7. The Morgan fingerprint density at radius 3 is 2.78 bits per heavy atom. The molecule has 0 radical (unpaired) electrons. The lowest BCUT2D eigenvalue weighted by Crippen LogP contribution is -2.15. The van der Waals surface area contributed by atoms with Crippen molar-refractivity contribution in [3.63, 3.8) is 0 Å². The van der Waals surface area contributed by atoms with Gasteiger partial charge in [0.1, 0.15) is 6.07 Å². The number of benzene rings is 1. The van der Waals surface area contributed by atoms with Gasteiger partial charge < -0.3 is 15.2 Å². The van der Waals surface area contributed by atoms with Crippen LogP contribution >= 0.6 is 0 Å². The van der Waals surface area contributed by atoms with Gasteiger partial charge in [-0.05, 0) is 31.5 Å². The second kappa shape index (κ2) is 6.67. The van der Waals surface area contributed by atoms with Gasteiger partial charge in [0.15, 0.2) is 18.1 Å². The zero-order chi connectivity index (χ0) is 13.5. The Hall–Kier alpha value is -1.99. The summed E-state index contributed by atoms with van der Waals surface area (Å²) >= 11 is 0. The molecule has 0 saturated heterocycles. The summed E-state index contributed by atoms with van der Waals surface area (Å²) in [6.07, 6.45) is 2.00. The Labute approximate surface area is 108 Å². The Bertz CT molecular complexity index is 473. The summed E-state index contributed by atoms with van der Waals surface area (Å²) in [6, 6.07) is 7.49. The number of methoxy groups -OCH3 is 1. The molecule has 2 N–H and O–H groups in total. The summed E-state index contributed by atoms with van der Waals surface area (Å²) < 4.78 is 10.5. The smallest absolute Gasteiger partial charge is 0.174 e. The molecule has 0 bridgehead atoms. The Kier molecular flexibility index (Phi) is 5.22. The number of nitrogens with zero attached hydrogens (tertiary/aromatic N) is 1. The third-order valence-electron chi connectivity index (χ3n) is 2.59. The number of rotatable bonds is 5. The van der Waals surface area contributed by atoms with Gasteiger partial charge in [0.2, 0.25) is 0 Å². The van der Waals surface area contributed by atoms with E-state index in [2.05, 4.69) is 0 Å². The number of nitrogens with two attached hydrogens (primary N) is 1. The largest absolute Gasteiger partial charge is 0.493 e. The fourth-order valence-corrected chi connectivity index (χ4v) is 1.40. The van der Waals surface area contributed by atoms with Gasteiger partial charge >= 0.3 is 0 Å². The summed E-state index contributed by atoms with van der Waals surface area (Å²) in [5.41, 5.74) is 7.87. The van der Waals surface area contributed by atoms with E-state index in [0.717, 1.165) is 11.1 Å². The van der Waals surface area contributed by atoms with Crippen molar-refractivity contribution in [2.45, 2.75) is 19.9 Å². The highest BCUT2D eigenvalue weighted by molar-refractivity contribution is 5.58. The maximum absolute atomic E-state index is 8.49. The van der Waals surface area contributed by atoms with Crippen LogP contribution in [0.25, 0.3) is 6.08 Å². The lowest BCUT2D eigenvalue weighted by molar-refractivity contribution is 0.329. The quantitative estimate of drug-likeness (QED) is 0.865. The molecule has 18 heavy (non-hydrogen) atoms. The van der Waals surface area contributed by atoms with E-state index in [0.29, 0.717) is 11.5 Å². The molecule has 0 heterocycles. The van der Waals surface area contributed by atoms with Crippen LogP contribution in [0.1, 0.15) is 19.4 Å². The first kappa shape index (κ1) is 14.1. The first-order chi connectivity index (χ1) is 8.58. The van der Waals surface area contributed by atoms with Crippen LogP contribution in [0.15, 0.2) is 23.8 Å². The van der Waals surface area contributed by atoms with Crippen LogP contribution in [-0.4, -0.2) is 19.8 Å². The summed E-state index contributed by atoms with van der Waals surface area (Å²) in [7, 11) is 1.57. The summed E-state index contributed by atoms with van der Waals surface area (Å²) in [4.78, 5) is 0. The minimum atomic E-state index is 0.00437. The summed E-state index contributed by atoms with van der Waals surface area (Å²) in [5.74, 6) is 1.17. The average Bonchev–Trinajstić information content (AvgIpc) is 2.36. The molecular weight excluding hydrogens is 228 g/mol. The van der Waals surface area contributed by atoms with Gasteiger partial charge in [0.25, 0.3) is 0 Å². The Morgan fingerprint density at radius 2 is 2.22 bits per heavy atom. The molecule has 0 amide bonds. The maximum atomic E-state index is 8.49. The van der Waals surface area contributed by atoms with Gasteiger partial charge in [0, 0.05) is 6.04 Å². The van der Waals surface area contributed by atoms with Gasteiger partial charge in [-0.15, -0.1) is 0 Å². The first-order valence-electron chi connectivity index (χ1n) is 5.70. The van der Waals surface area contributed by atoms with Crippen molar-refractivity contribution in [1.29, 1.82) is 5.26 Å². The van der Waals surface area contributed by atoms with Crippen LogP contribution < -0.4 is 15.2 Å². The van der Waals surface area contributed by atoms with Crippen LogP contribution in [-0.2, 0) is 0 Å². The molecule has 1 aromatic rings. The third kappa shape index (κ3) is 3.79. The molecule has 1 atom stereocenters. The lowest BCUT2D eigenvalue weighted by Gasteiger charge is -2.10. The van der Waals surface area contributed by atoms with E-state index in [1.807, 2.05) is 38.1 Å². The Balaban J connectivity index is 2.99. The van der Waals surface area contributed by atoms with Gasteiger partial charge in [-0.25, -0.2) is 0 Å². The lowest BCUT2D eigenvalue weighted by atomic mass is 10.1. The number of ether oxygens (including phenoxy) is 2. The molecule has 0 spiro atoms. The van der Waals surface area contributed by atoms with Crippen LogP contribution in [0.4, 0.5) is 0 Å². The monoisotopic (exact) mass is 246 g/mol. The summed E-state index contributed by atoms with van der Waals surface area (Å²) in [6.45, 7) is 3.93. The molecule has 96 valence electrons. The predicted molar refractivity (Wildman–Crippen MR) is 71.4 cm³/mol. The van der Waals surface area contributed by atoms with Crippen LogP contribution in [0.2, 0.25) is 0 Å². The van der Waals surface area contributed by atoms with Crippen molar-refractivity contribution in [3.8, 4) is 17.6 Å². The van der Waals surface area contributed by atoms with Gasteiger partial charge in [-0.2, -0.15) is 5.26 Å². The van der Waals surface area contributed by atoms with Crippen LogP contribution in [0.3, 0.4) is 0 Å². The molecule has 0 aliphatic carbocycles. The fraction of sp³-hybridized carbons (Fsp3) is 0.357. The minimum Gasteiger partial charge on any atom is -0.493 e. The molecule has 4 heteroatoms. The van der Waals surface area contributed by atoms with Crippen molar-refractivity contribution in [2.24, 2.45) is 5.73 Å². The van der Waals surface area contributed by atoms with Crippen molar-refractivity contribution >= 4 is 6.08 Å². The molecular formula is C14H18N2O2. The second-order valence-corrected chi connectivity index (χ2v) is 4.03. The van der Waals surface area contributed by atoms with E-state index in [-0.39, 0.29) is 12.6 Å². The molecule has 0 aliphatic heterocycles. The number of hydrogen-bond donors (Lipinski definition) is 1. The molecule has 0 aromatic heterocycles. The van der Waals surface area contributed by atoms with Crippen molar-refractivity contribution in [2.75, 3.05) is 13.7 Å². The highest BCUT2D eigenvalue weighted by Gasteiger charge is 2.05. The molecule has 1 aromatic carbocycles. The number of hydrogen-bond acceptors (Lipinski definition) is 4. The molecule has 4 nitrogen and oxygen atoms in total. The van der Waals surface area contributed by atoms with Gasteiger partial charge in [-0.3, -0.25) is 0 Å². The molecule has 0 fully saturated rings. The topological polar surface area (TPSA) is 68.3 Å². The van der Waals surface area contributed by atoms with Gasteiger partial charge in [0.05, 0.1) is 7.11 Å². The highest BCUT2D eigenvalue weighted by atomic mass is 16.5. The number of nitriles is 1. The summed E-state index contributed by atoms with van der Waals surface area (Å²) in [5, 5.41) is 8.49. The SMILES string of the molecule is COc1cc(/C=C(/C)C(C)N)ccc1OCC#N. The van der Waals surface area contributed by atoms with Gasteiger partial charge in [-0.1, -0.05) is 17.7 Å². The van der Waals surface area contributed by atoms with E-state index in [1.54, 1.807) is 13.2 Å². The standard InChI is InChI=1S/C14H18N2O2/c1-10(11(2)16)8-12-4-5-13(18-7-6-15)14(9-12)17-3/h4-5,8-9,11H,7,16H2,1-3H3/b10-8-. The Morgan fingerprint density at radius 1 is 1.50 bits per heavy atom. The van der Waals surface area contributed by atoms with Crippen LogP contribution in [0, 0.1) is 11.3 Å². The molecule has 0 saturated carbocycles. The van der Waals surface area contributed by atoms with E-state index >= 15 is 0 Å². The maximum Gasteiger partial charge on any atom is 0.174 e. The predicted octanol–water partition coefficient (Wildman–Crippen LogP) is 2.35. The molecule has 1 unspecified atom stereocenters. The zero-order valence-corrected chi connectivity index (χ0v) is 10.9.